The van der Waals surface area contributed by atoms with Crippen molar-refractivity contribution in [3.05, 3.63) is 0 Å². The summed E-state index contributed by atoms with van der Waals surface area (Å²) >= 11 is 1.99. The van der Waals surface area contributed by atoms with Crippen molar-refractivity contribution < 1.29 is 14.3 Å². The number of nitrogens with zero attached hydrogens (tertiary/aromatic N) is 2. The van der Waals surface area contributed by atoms with Gasteiger partial charge in [0.1, 0.15) is 0 Å². The van der Waals surface area contributed by atoms with Gasteiger partial charge in [-0.05, 0) is 50.3 Å². The highest BCUT2D eigenvalue weighted by Crippen LogP contribution is 2.13. The fraction of sp³-hybridized carbons (Fsp3) is 0.926. The third-order valence-corrected chi connectivity index (χ3v) is 7.73. The molecule has 0 bridgehead atoms. The molecule has 7 nitrogen and oxygen atoms in total. The lowest BCUT2D eigenvalue weighted by Crippen LogP contribution is -2.47. The molecule has 0 aromatic carbocycles. The lowest BCUT2D eigenvalue weighted by atomic mass is 10.1. The Morgan fingerprint density at radius 1 is 0.771 bits per heavy atom. The molecule has 0 atom stereocenters. The number of carbonyl (C=O) groups excluding carboxylic acids is 2. The van der Waals surface area contributed by atoms with Crippen molar-refractivity contribution in [2.45, 2.75) is 90.4 Å². The van der Waals surface area contributed by atoms with Gasteiger partial charge in [0.05, 0.1) is 6.61 Å². The summed E-state index contributed by atoms with van der Waals surface area (Å²) in [7, 11) is 0. The first-order valence-electron chi connectivity index (χ1n) is 14.4. The molecule has 1 rings (SSSR count). The van der Waals surface area contributed by atoms with Gasteiger partial charge in [-0.2, -0.15) is 11.8 Å². The average Bonchev–Trinajstić information content (AvgIpc) is 2.87. The van der Waals surface area contributed by atoms with Crippen molar-refractivity contribution in [2.75, 3.05) is 70.5 Å². The molecule has 0 aromatic heterocycles. The molecule has 1 fully saturated rings. The predicted molar refractivity (Wildman–Crippen MR) is 149 cm³/mol. The molecular formula is C27H54N4O3S. The zero-order valence-corrected chi connectivity index (χ0v) is 23.4. The van der Waals surface area contributed by atoms with Crippen molar-refractivity contribution in [1.29, 1.82) is 0 Å². The number of rotatable bonds is 24. The Balaban J connectivity index is 1.78. The number of thioether (sulfide) groups is 1. The van der Waals surface area contributed by atoms with Gasteiger partial charge in [-0.1, -0.05) is 64.7 Å². The lowest BCUT2D eigenvalue weighted by molar-refractivity contribution is -0.109. The summed E-state index contributed by atoms with van der Waals surface area (Å²) in [5, 5.41) is 5.59. The van der Waals surface area contributed by atoms with E-state index in [4.69, 9.17) is 4.74 Å². The van der Waals surface area contributed by atoms with Crippen LogP contribution in [0.3, 0.4) is 0 Å². The zero-order chi connectivity index (χ0) is 25.2. The van der Waals surface area contributed by atoms with Gasteiger partial charge in [-0.3, -0.25) is 4.79 Å². The maximum Gasteiger partial charge on any atom is 0.407 e. The van der Waals surface area contributed by atoms with Crippen LogP contribution in [-0.4, -0.2) is 92.8 Å². The Labute approximate surface area is 219 Å². The normalized spacial score (nSPS) is 14.7. The third kappa shape index (κ3) is 20.9. The van der Waals surface area contributed by atoms with E-state index >= 15 is 0 Å². The number of unbranched alkanes of at least 4 members (excludes halogenated alkanes) is 9. The van der Waals surface area contributed by atoms with Crippen LogP contribution in [0.15, 0.2) is 0 Å². The highest BCUT2D eigenvalue weighted by atomic mass is 32.2. The predicted octanol–water partition coefficient (Wildman–Crippen LogP) is 4.90. The quantitative estimate of drug-likeness (QED) is 0.141. The molecule has 0 saturated carbocycles. The van der Waals surface area contributed by atoms with Crippen LogP contribution in [0.2, 0.25) is 0 Å². The SMILES string of the molecule is CCCCCCCCCCCCSCCCOC(=O)NCCCN1CCN(CCCNC=O)CC1. The Morgan fingerprint density at radius 2 is 1.31 bits per heavy atom. The van der Waals surface area contributed by atoms with E-state index in [9.17, 15) is 9.59 Å². The van der Waals surface area contributed by atoms with Gasteiger partial charge in [-0.25, -0.2) is 4.79 Å². The summed E-state index contributed by atoms with van der Waals surface area (Å²) in [6.45, 7) is 10.6. The van der Waals surface area contributed by atoms with E-state index in [2.05, 4.69) is 27.4 Å². The van der Waals surface area contributed by atoms with E-state index in [-0.39, 0.29) is 6.09 Å². The molecule has 1 aliphatic heterocycles. The van der Waals surface area contributed by atoms with E-state index in [1.54, 1.807) is 0 Å². The maximum absolute atomic E-state index is 11.8. The van der Waals surface area contributed by atoms with Crippen molar-refractivity contribution in [2.24, 2.45) is 0 Å². The van der Waals surface area contributed by atoms with E-state index < -0.39 is 0 Å². The fourth-order valence-corrected chi connectivity index (χ4v) is 5.30. The summed E-state index contributed by atoms with van der Waals surface area (Å²) in [6.07, 6.45) is 17.2. The van der Waals surface area contributed by atoms with Gasteiger partial charge < -0.3 is 25.2 Å². The molecule has 206 valence electrons. The largest absolute Gasteiger partial charge is 0.450 e. The molecule has 2 amide bonds. The molecule has 0 aromatic rings. The minimum atomic E-state index is -0.279. The first-order chi connectivity index (χ1) is 17.3. The van der Waals surface area contributed by atoms with Crippen LogP contribution >= 0.6 is 11.8 Å². The highest BCUT2D eigenvalue weighted by molar-refractivity contribution is 7.99. The monoisotopic (exact) mass is 514 g/mol. The Bertz CT molecular complexity index is 491. The molecule has 0 unspecified atom stereocenters. The summed E-state index contributed by atoms with van der Waals surface area (Å²) in [4.78, 5) is 27.0. The number of hydrogen-bond acceptors (Lipinski definition) is 6. The molecule has 35 heavy (non-hydrogen) atoms. The van der Waals surface area contributed by atoms with E-state index in [1.165, 1.54) is 70.0 Å². The standard InChI is InChI=1S/C27H54N4O3S/c1-2-3-4-5-6-7-8-9-10-11-24-35-25-14-23-34-27(33)29-16-13-18-31-21-19-30(20-22-31)17-12-15-28-26-32/h26H,2-25H2,1H3,(H,28,32)(H,29,33). The average molecular weight is 515 g/mol. The van der Waals surface area contributed by atoms with Gasteiger partial charge in [0, 0.05) is 39.3 Å². The molecule has 8 heteroatoms. The van der Waals surface area contributed by atoms with Crippen LogP contribution < -0.4 is 10.6 Å². The van der Waals surface area contributed by atoms with Gasteiger partial charge in [0.15, 0.2) is 0 Å². The molecule has 1 saturated heterocycles. The minimum Gasteiger partial charge on any atom is -0.450 e. The fourth-order valence-electron chi connectivity index (χ4n) is 4.36. The Morgan fingerprint density at radius 3 is 1.91 bits per heavy atom. The number of nitrogens with one attached hydrogen (secondary N) is 2. The van der Waals surface area contributed by atoms with Crippen LogP contribution in [0.25, 0.3) is 0 Å². The summed E-state index contributed by atoms with van der Waals surface area (Å²) in [5.41, 5.74) is 0. The van der Waals surface area contributed by atoms with Crippen molar-refractivity contribution in [3.8, 4) is 0 Å². The molecule has 0 spiro atoms. The topological polar surface area (TPSA) is 73.9 Å². The van der Waals surface area contributed by atoms with Gasteiger partial charge in [0.25, 0.3) is 0 Å². The van der Waals surface area contributed by atoms with Crippen molar-refractivity contribution in [1.82, 2.24) is 20.4 Å². The zero-order valence-electron chi connectivity index (χ0n) is 22.6. The van der Waals surface area contributed by atoms with Crippen molar-refractivity contribution >= 4 is 24.3 Å². The highest BCUT2D eigenvalue weighted by Gasteiger charge is 2.15. The maximum atomic E-state index is 11.8. The van der Waals surface area contributed by atoms with Crippen LogP contribution in [0, 0.1) is 0 Å². The lowest BCUT2D eigenvalue weighted by Gasteiger charge is -2.34. The first kappa shape index (κ1) is 32.0. The Hall–Kier alpha value is -0.990. The number of piperazine rings is 1. The van der Waals surface area contributed by atoms with E-state index in [0.717, 1.165) is 77.2 Å². The summed E-state index contributed by atoms with van der Waals surface area (Å²) < 4.78 is 5.30. The second kappa shape index (κ2) is 24.7. The van der Waals surface area contributed by atoms with Crippen LogP contribution in [-0.2, 0) is 9.53 Å². The second-order valence-corrected chi connectivity index (χ2v) is 10.9. The summed E-state index contributed by atoms with van der Waals surface area (Å²) in [6, 6.07) is 0. The molecular weight excluding hydrogens is 460 g/mol. The number of alkyl carbamates (subject to hydrolysis) is 1. The van der Waals surface area contributed by atoms with Crippen LogP contribution in [0.5, 0.6) is 0 Å². The molecule has 0 radical (unpaired) electrons. The minimum absolute atomic E-state index is 0.279. The van der Waals surface area contributed by atoms with Crippen LogP contribution in [0.4, 0.5) is 4.79 Å². The van der Waals surface area contributed by atoms with E-state index in [1.807, 2.05) is 11.8 Å². The van der Waals surface area contributed by atoms with Gasteiger partial charge in [-0.15, -0.1) is 0 Å². The third-order valence-electron chi connectivity index (χ3n) is 6.57. The first-order valence-corrected chi connectivity index (χ1v) is 15.5. The number of amides is 2. The summed E-state index contributed by atoms with van der Waals surface area (Å²) in [5.74, 6) is 2.30. The molecule has 0 aliphatic carbocycles. The number of carbonyl (C=O) groups is 2. The molecule has 1 aliphatic rings. The smallest absolute Gasteiger partial charge is 0.407 e. The second-order valence-electron chi connectivity index (χ2n) is 9.67. The van der Waals surface area contributed by atoms with Gasteiger partial charge in [0.2, 0.25) is 6.41 Å². The van der Waals surface area contributed by atoms with Gasteiger partial charge >= 0.3 is 6.09 Å². The Kier molecular flexibility index (Phi) is 22.6. The van der Waals surface area contributed by atoms with Crippen molar-refractivity contribution in [3.63, 3.8) is 0 Å². The van der Waals surface area contributed by atoms with Crippen LogP contribution in [0.1, 0.15) is 90.4 Å². The molecule has 2 N–H and O–H groups in total. The number of hydrogen-bond donors (Lipinski definition) is 2. The molecule has 1 heterocycles. The number of ether oxygens (including phenoxy) is 1. The van der Waals surface area contributed by atoms with E-state index in [0.29, 0.717) is 13.2 Å².